The first-order valence-electron chi connectivity index (χ1n) is 6.59. The molecule has 2 nitrogen and oxygen atoms in total. The van der Waals surface area contributed by atoms with Gasteiger partial charge in [0.1, 0.15) is 0 Å². The van der Waals surface area contributed by atoms with Crippen LogP contribution in [-0.2, 0) is 4.79 Å². The molecule has 17 heavy (non-hydrogen) atoms. The smallest absolute Gasteiger partial charge is 0.330 e. The van der Waals surface area contributed by atoms with Crippen molar-refractivity contribution in [3.05, 3.63) is 23.3 Å². The Bertz CT molecular complexity index is 378. The van der Waals surface area contributed by atoms with Gasteiger partial charge in [-0.25, -0.2) is 4.79 Å². The Hall–Kier alpha value is -1.05. The zero-order valence-electron chi connectivity index (χ0n) is 10.9. The lowest BCUT2D eigenvalue weighted by atomic mass is 9.66. The van der Waals surface area contributed by atoms with Crippen LogP contribution in [0.5, 0.6) is 0 Å². The maximum atomic E-state index is 10.9. The Morgan fingerprint density at radius 2 is 2.18 bits per heavy atom. The standard InChI is InChI=1S/C15H22O2/c1-9-4-6-12(8-11(3)15(16)17)14-10(2)5-7-13(9)14/h5,8-9,12-14H,4,6-7H2,1-3H3,(H,16,17). The Labute approximate surface area is 103 Å². The van der Waals surface area contributed by atoms with Crippen LogP contribution in [0.25, 0.3) is 0 Å². The second kappa shape index (κ2) is 4.67. The second-order valence-electron chi connectivity index (χ2n) is 5.75. The van der Waals surface area contributed by atoms with Gasteiger partial charge >= 0.3 is 5.97 Å². The van der Waals surface area contributed by atoms with Crippen LogP contribution in [0, 0.1) is 23.7 Å². The third-order valence-electron chi connectivity index (χ3n) is 4.65. The molecule has 0 aromatic heterocycles. The van der Waals surface area contributed by atoms with E-state index in [0.717, 1.165) is 18.3 Å². The summed E-state index contributed by atoms with van der Waals surface area (Å²) in [5, 5.41) is 8.99. The van der Waals surface area contributed by atoms with Crippen LogP contribution in [0.3, 0.4) is 0 Å². The number of carboxylic acid groups (broad SMARTS) is 1. The molecule has 4 unspecified atom stereocenters. The summed E-state index contributed by atoms with van der Waals surface area (Å²) < 4.78 is 0. The number of aliphatic carboxylic acids is 1. The SMILES string of the molecule is CC(=CC1CCC(C)C2CC=C(C)C12)C(=O)O. The lowest BCUT2D eigenvalue weighted by molar-refractivity contribution is -0.132. The molecule has 2 aliphatic carbocycles. The van der Waals surface area contributed by atoms with Gasteiger partial charge in [-0.3, -0.25) is 0 Å². The van der Waals surface area contributed by atoms with E-state index >= 15 is 0 Å². The molecule has 0 radical (unpaired) electrons. The monoisotopic (exact) mass is 234 g/mol. The molecule has 0 bridgehead atoms. The van der Waals surface area contributed by atoms with E-state index in [1.54, 1.807) is 6.92 Å². The van der Waals surface area contributed by atoms with Crippen LogP contribution in [0.2, 0.25) is 0 Å². The first kappa shape index (κ1) is 12.4. The maximum absolute atomic E-state index is 10.9. The second-order valence-corrected chi connectivity index (χ2v) is 5.75. The summed E-state index contributed by atoms with van der Waals surface area (Å²) in [5.41, 5.74) is 1.98. The van der Waals surface area contributed by atoms with Gasteiger partial charge in [0.15, 0.2) is 0 Å². The molecule has 94 valence electrons. The van der Waals surface area contributed by atoms with Crippen LogP contribution in [0.4, 0.5) is 0 Å². The molecule has 2 rings (SSSR count). The molecule has 1 fully saturated rings. The number of hydrogen-bond acceptors (Lipinski definition) is 1. The number of carbonyl (C=O) groups is 1. The molecular formula is C15H22O2. The zero-order chi connectivity index (χ0) is 12.6. The quantitative estimate of drug-likeness (QED) is 0.585. The highest BCUT2D eigenvalue weighted by atomic mass is 16.4. The van der Waals surface area contributed by atoms with Gasteiger partial charge in [0.05, 0.1) is 0 Å². The van der Waals surface area contributed by atoms with Crippen LogP contribution in [0.15, 0.2) is 23.3 Å². The third-order valence-corrected chi connectivity index (χ3v) is 4.65. The molecule has 0 aromatic carbocycles. The summed E-state index contributed by atoms with van der Waals surface area (Å²) in [6.45, 7) is 6.26. The van der Waals surface area contributed by atoms with E-state index in [1.807, 2.05) is 6.08 Å². The van der Waals surface area contributed by atoms with Gasteiger partial charge < -0.3 is 5.11 Å². The van der Waals surface area contributed by atoms with Crippen molar-refractivity contribution in [3.63, 3.8) is 0 Å². The number of fused-ring (bicyclic) bond motifs is 1. The fourth-order valence-corrected chi connectivity index (χ4v) is 3.61. The van der Waals surface area contributed by atoms with Gasteiger partial charge in [0.2, 0.25) is 0 Å². The highest BCUT2D eigenvalue weighted by Gasteiger charge is 2.39. The van der Waals surface area contributed by atoms with Crippen LogP contribution < -0.4 is 0 Å². The van der Waals surface area contributed by atoms with Gasteiger partial charge in [-0.2, -0.15) is 0 Å². The van der Waals surface area contributed by atoms with E-state index in [2.05, 4.69) is 19.9 Å². The molecule has 4 atom stereocenters. The lowest BCUT2D eigenvalue weighted by Gasteiger charge is -2.38. The molecule has 0 saturated heterocycles. The van der Waals surface area contributed by atoms with Gasteiger partial charge in [-0.1, -0.05) is 24.6 Å². The van der Waals surface area contributed by atoms with E-state index in [4.69, 9.17) is 5.11 Å². The molecule has 1 N–H and O–H groups in total. The highest BCUT2D eigenvalue weighted by Crippen LogP contribution is 2.48. The van der Waals surface area contributed by atoms with E-state index in [-0.39, 0.29) is 0 Å². The summed E-state index contributed by atoms with van der Waals surface area (Å²) in [6, 6.07) is 0. The van der Waals surface area contributed by atoms with Crippen LogP contribution >= 0.6 is 0 Å². The fourth-order valence-electron chi connectivity index (χ4n) is 3.61. The topological polar surface area (TPSA) is 37.3 Å². The molecule has 0 amide bonds. The molecule has 0 spiro atoms. The number of carboxylic acids is 1. The fraction of sp³-hybridized carbons (Fsp3) is 0.667. The Morgan fingerprint density at radius 1 is 1.47 bits per heavy atom. The average Bonchev–Trinajstić information content (AvgIpc) is 2.66. The molecule has 2 heteroatoms. The Balaban J connectivity index is 2.21. The van der Waals surface area contributed by atoms with Gasteiger partial charge in [-0.15, -0.1) is 0 Å². The first-order valence-corrected chi connectivity index (χ1v) is 6.59. The van der Waals surface area contributed by atoms with Crippen molar-refractivity contribution in [2.75, 3.05) is 0 Å². The predicted octanol–water partition coefficient (Wildman–Crippen LogP) is 3.65. The average molecular weight is 234 g/mol. The van der Waals surface area contributed by atoms with Crippen molar-refractivity contribution in [1.82, 2.24) is 0 Å². The number of hydrogen-bond donors (Lipinski definition) is 1. The van der Waals surface area contributed by atoms with Gasteiger partial charge in [-0.05, 0) is 56.8 Å². The lowest BCUT2D eigenvalue weighted by Crippen LogP contribution is -2.30. The van der Waals surface area contributed by atoms with E-state index < -0.39 is 5.97 Å². The molecule has 2 aliphatic rings. The first-order chi connectivity index (χ1) is 8.00. The maximum Gasteiger partial charge on any atom is 0.330 e. The predicted molar refractivity (Wildman–Crippen MR) is 68.6 cm³/mol. The summed E-state index contributed by atoms with van der Waals surface area (Å²) in [4.78, 5) is 10.9. The van der Waals surface area contributed by atoms with Crippen molar-refractivity contribution in [3.8, 4) is 0 Å². The van der Waals surface area contributed by atoms with Gasteiger partial charge in [0, 0.05) is 5.57 Å². The highest BCUT2D eigenvalue weighted by molar-refractivity contribution is 5.85. The normalized spacial score (nSPS) is 37.6. The van der Waals surface area contributed by atoms with E-state index in [1.165, 1.54) is 18.4 Å². The summed E-state index contributed by atoms with van der Waals surface area (Å²) in [7, 11) is 0. The number of allylic oxidation sites excluding steroid dienone is 3. The molecule has 0 aromatic rings. The Morgan fingerprint density at radius 3 is 2.82 bits per heavy atom. The molecule has 0 aliphatic heterocycles. The minimum Gasteiger partial charge on any atom is -0.478 e. The molecular weight excluding hydrogens is 212 g/mol. The van der Waals surface area contributed by atoms with Crippen molar-refractivity contribution >= 4 is 5.97 Å². The summed E-state index contributed by atoms with van der Waals surface area (Å²) in [5.74, 6) is 1.77. The van der Waals surface area contributed by atoms with Crippen LogP contribution in [-0.4, -0.2) is 11.1 Å². The minimum atomic E-state index is -0.778. The summed E-state index contributed by atoms with van der Waals surface area (Å²) in [6.07, 6.45) is 7.91. The van der Waals surface area contributed by atoms with Crippen LogP contribution in [0.1, 0.15) is 40.0 Å². The van der Waals surface area contributed by atoms with Crippen molar-refractivity contribution in [2.45, 2.75) is 40.0 Å². The van der Waals surface area contributed by atoms with Crippen molar-refractivity contribution in [2.24, 2.45) is 23.7 Å². The Kier molecular flexibility index (Phi) is 3.41. The minimum absolute atomic E-state index is 0.436. The number of rotatable bonds is 2. The van der Waals surface area contributed by atoms with E-state index in [0.29, 0.717) is 17.4 Å². The largest absolute Gasteiger partial charge is 0.478 e. The molecule has 0 heterocycles. The molecule has 1 saturated carbocycles. The van der Waals surface area contributed by atoms with Crippen molar-refractivity contribution < 1.29 is 9.90 Å². The van der Waals surface area contributed by atoms with Crippen molar-refractivity contribution in [1.29, 1.82) is 0 Å². The van der Waals surface area contributed by atoms with E-state index in [9.17, 15) is 4.79 Å². The van der Waals surface area contributed by atoms with Gasteiger partial charge in [0.25, 0.3) is 0 Å². The third kappa shape index (κ3) is 2.31. The zero-order valence-corrected chi connectivity index (χ0v) is 10.9. The summed E-state index contributed by atoms with van der Waals surface area (Å²) >= 11 is 0.